The number of aromatic carboxylic acids is 1. The first kappa shape index (κ1) is 10.4. The highest BCUT2D eigenvalue weighted by molar-refractivity contribution is 6.13. The molecule has 1 heterocycles. The lowest BCUT2D eigenvalue weighted by Crippen LogP contribution is -2.21. The number of anilines is 1. The number of amides is 1. The standard InChI is InChI=1S/C11H10N2O3/c1-7-6-10(14)13(12-7)9-5-3-2-4-8(9)11(15)16/h2-5H,6H2,1H3,(H,15,16). The van der Waals surface area contributed by atoms with Crippen LogP contribution in [0.4, 0.5) is 5.69 Å². The number of benzene rings is 1. The first-order valence-corrected chi connectivity index (χ1v) is 4.79. The molecular weight excluding hydrogens is 208 g/mol. The van der Waals surface area contributed by atoms with Crippen molar-refractivity contribution in [1.82, 2.24) is 0 Å². The monoisotopic (exact) mass is 218 g/mol. The van der Waals surface area contributed by atoms with Crippen LogP contribution in [-0.4, -0.2) is 22.7 Å². The van der Waals surface area contributed by atoms with Crippen molar-refractivity contribution in [2.75, 3.05) is 5.01 Å². The van der Waals surface area contributed by atoms with E-state index in [2.05, 4.69) is 5.10 Å². The maximum Gasteiger partial charge on any atom is 0.337 e. The summed E-state index contributed by atoms with van der Waals surface area (Å²) in [6, 6.07) is 6.32. The van der Waals surface area contributed by atoms with E-state index in [-0.39, 0.29) is 17.9 Å². The SMILES string of the molecule is CC1=NN(c2ccccc2C(=O)O)C(=O)C1. The Morgan fingerprint density at radius 3 is 2.69 bits per heavy atom. The van der Waals surface area contributed by atoms with Gasteiger partial charge in [0.1, 0.15) is 0 Å². The number of carbonyl (C=O) groups excluding carboxylic acids is 1. The first-order chi connectivity index (χ1) is 7.59. The zero-order valence-corrected chi connectivity index (χ0v) is 8.67. The van der Waals surface area contributed by atoms with Gasteiger partial charge >= 0.3 is 5.97 Å². The first-order valence-electron chi connectivity index (χ1n) is 4.79. The Kier molecular flexibility index (Phi) is 2.44. The third-order valence-corrected chi connectivity index (χ3v) is 2.28. The fraction of sp³-hybridized carbons (Fsp3) is 0.182. The Morgan fingerprint density at radius 2 is 2.12 bits per heavy atom. The number of carboxylic acid groups (broad SMARTS) is 1. The van der Waals surface area contributed by atoms with Gasteiger partial charge in [-0.1, -0.05) is 12.1 Å². The number of hydrogen-bond acceptors (Lipinski definition) is 3. The fourth-order valence-corrected chi connectivity index (χ4v) is 1.58. The Morgan fingerprint density at radius 1 is 1.44 bits per heavy atom. The van der Waals surface area contributed by atoms with Gasteiger partial charge in [-0.05, 0) is 19.1 Å². The average molecular weight is 218 g/mol. The van der Waals surface area contributed by atoms with Gasteiger partial charge in [0.25, 0.3) is 5.91 Å². The Bertz CT molecular complexity index is 494. The smallest absolute Gasteiger partial charge is 0.337 e. The van der Waals surface area contributed by atoms with Gasteiger partial charge in [0.2, 0.25) is 0 Å². The molecule has 1 N–H and O–H groups in total. The zero-order valence-electron chi connectivity index (χ0n) is 8.67. The van der Waals surface area contributed by atoms with Crippen molar-refractivity contribution in [3.8, 4) is 0 Å². The highest BCUT2D eigenvalue weighted by atomic mass is 16.4. The molecule has 5 heteroatoms. The lowest BCUT2D eigenvalue weighted by Gasteiger charge is -2.13. The molecule has 1 aromatic carbocycles. The van der Waals surface area contributed by atoms with E-state index in [0.29, 0.717) is 11.4 Å². The van der Waals surface area contributed by atoms with Gasteiger partial charge in [0.15, 0.2) is 0 Å². The van der Waals surface area contributed by atoms with E-state index in [1.165, 1.54) is 6.07 Å². The second-order valence-corrected chi connectivity index (χ2v) is 3.54. The summed E-state index contributed by atoms with van der Waals surface area (Å²) in [6.45, 7) is 1.74. The van der Waals surface area contributed by atoms with Crippen molar-refractivity contribution >= 4 is 23.3 Å². The molecule has 1 aliphatic heterocycles. The van der Waals surface area contributed by atoms with Crippen LogP contribution in [0.15, 0.2) is 29.4 Å². The van der Waals surface area contributed by atoms with Crippen LogP contribution in [0.2, 0.25) is 0 Å². The minimum absolute atomic E-state index is 0.0781. The van der Waals surface area contributed by atoms with E-state index >= 15 is 0 Å². The predicted molar refractivity (Wildman–Crippen MR) is 58.6 cm³/mol. The van der Waals surface area contributed by atoms with E-state index in [9.17, 15) is 9.59 Å². The Hall–Kier alpha value is -2.17. The van der Waals surface area contributed by atoms with Crippen molar-refractivity contribution < 1.29 is 14.7 Å². The summed E-state index contributed by atoms with van der Waals surface area (Å²) in [5.41, 5.74) is 1.08. The second-order valence-electron chi connectivity index (χ2n) is 3.54. The third-order valence-electron chi connectivity index (χ3n) is 2.28. The van der Waals surface area contributed by atoms with Crippen LogP contribution in [0.1, 0.15) is 23.7 Å². The molecule has 0 atom stereocenters. The molecule has 16 heavy (non-hydrogen) atoms. The van der Waals surface area contributed by atoms with Gasteiger partial charge < -0.3 is 5.11 Å². The summed E-state index contributed by atoms with van der Waals surface area (Å²) in [5.74, 6) is -1.27. The van der Waals surface area contributed by atoms with Crippen LogP contribution in [0.25, 0.3) is 0 Å². The van der Waals surface area contributed by atoms with E-state index in [1.807, 2.05) is 0 Å². The van der Waals surface area contributed by atoms with Crippen LogP contribution in [0.3, 0.4) is 0 Å². The second kappa shape index (κ2) is 3.77. The molecule has 0 aromatic heterocycles. The number of rotatable bonds is 2. The number of nitrogens with zero attached hydrogens (tertiary/aromatic N) is 2. The number of carbonyl (C=O) groups is 2. The summed E-state index contributed by atoms with van der Waals surface area (Å²) in [7, 11) is 0. The summed E-state index contributed by atoms with van der Waals surface area (Å²) in [4.78, 5) is 22.6. The van der Waals surface area contributed by atoms with Crippen molar-refractivity contribution in [2.45, 2.75) is 13.3 Å². The third kappa shape index (κ3) is 1.67. The molecule has 0 unspecified atom stereocenters. The number of para-hydroxylation sites is 1. The topological polar surface area (TPSA) is 70.0 Å². The molecule has 82 valence electrons. The fourth-order valence-electron chi connectivity index (χ4n) is 1.58. The van der Waals surface area contributed by atoms with Gasteiger partial charge in [-0.2, -0.15) is 10.1 Å². The van der Waals surface area contributed by atoms with Crippen molar-refractivity contribution in [2.24, 2.45) is 5.10 Å². The molecule has 0 radical (unpaired) electrons. The molecule has 2 rings (SSSR count). The van der Waals surface area contributed by atoms with E-state index in [1.54, 1.807) is 25.1 Å². The lowest BCUT2D eigenvalue weighted by molar-refractivity contribution is -0.116. The average Bonchev–Trinajstić information content (AvgIpc) is 2.57. The minimum atomic E-state index is -1.07. The van der Waals surface area contributed by atoms with E-state index in [0.717, 1.165) is 5.01 Å². The molecule has 1 amide bonds. The van der Waals surface area contributed by atoms with Crippen LogP contribution in [-0.2, 0) is 4.79 Å². The molecule has 0 bridgehead atoms. The number of hydrogen-bond donors (Lipinski definition) is 1. The lowest BCUT2D eigenvalue weighted by atomic mass is 10.1. The maximum atomic E-state index is 11.6. The maximum absolute atomic E-state index is 11.6. The van der Waals surface area contributed by atoms with E-state index < -0.39 is 5.97 Å². The van der Waals surface area contributed by atoms with E-state index in [4.69, 9.17) is 5.11 Å². The highest BCUT2D eigenvalue weighted by Crippen LogP contribution is 2.24. The van der Waals surface area contributed by atoms with Crippen LogP contribution in [0.5, 0.6) is 0 Å². The number of carboxylic acids is 1. The molecule has 5 nitrogen and oxygen atoms in total. The predicted octanol–water partition coefficient (Wildman–Crippen LogP) is 1.50. The van der Waals surface area contributed by atoms with Crippen LogP contribution in [0, 0.1) is 0 Å². The minimum Gasteiger partial charge on any atom is -0.478 e. The Labute approximate surface area is 92.0 Å². The summed E-state index contributed by atoms with van der Waals surface area (Å²) in [6.07, 6.45) is 0.244. The molecule has 0 fully saturated rings. The van der Waals surface area contributed by atoms with Gasteiger partial charge in [-0.15, -0.1) is 0 Å². The van der Waals surface area contributed by atoms with Crippen LogP contribution >= 0.6 is 0 Å². The summed E-state index contributed by atoms with van der Waals surface area (Å²) >= 11 is 0. The summed E-state index contributed by atoms with van der Waals surface area (Å²) in [5, 5.41) is 14.2. The van der Waals surface area contributed by atoms with Crippen LogP contribution < -0.4 is 5.01 Å². The van der Waals surface area contributed by atoms with Gasteiger partial charge in [-0.25, -0.2) is 4.79 Å². The molecule has 1 aromatic rings. The highest BCUT2D eigenvalue weighted by Gasteiger charge is 2.26. The molecule has 0 spiro atoms. The van der Waals surface area contributed by atoms with Gasteiger partial charge in [-0.3, -0.25) is 4.79 Å². The quantitative estimate of drug-likeness (QED) is 0.817. The normalized spacial score (nSPS) is 15.2. The Balaban J connectivity index is 2.48. The summed E-state index contributed by atoms with van der Waals surface area (Å²) < 4.78 is 0. The molecule has 1 aliphatic rings. The van der Waals surface area contributed by atoms with Crippen molar-refractivity contribution in [1.29, 1.82) is 0 Å². The van der Waals surface area contributed by atoms with Crippen molar-refractivity contribution in [3.05, 3.63) is 29.8 Å². The molecule has 0 saturated carbocycles. The molecule has 0 saturated heterocycles. The largest absolute Gasteiger partial charge is 0.478 e. The number of hydrazone groups is 1. The van der Waals surface area contributed by atoms with Gasteiger partial charge in [0.05, 0.1) is 17.7 Å². The molecule has 0 aliphatic carbocycles. The van der Waals surface area contributed by atoms with Gasteiger partial charge in [0, 0.05) is 5.71 Å². The molecular formula is C11H10N2O3. The zero-order chi connectivity index (χ0) is 11.7. The van der Waals surface area contributed by atoms with Crippen molar-refractivity contribution in [3.63, 3.8) is 0 Å².